The van der Waals surface area contributed by atoms with Crippen LogP contribution in [0.25, 0.3) is 0 Å². The number of hydrogen-bond donors (Lipinski definition) is 2. The molecular formula is C22H19N3O5. The third-order valence-corrected chi connectivity index (χ3v) is 4.16. The summed E-state index contributed by atoms with van der Waals surface area (Å²) in [6, 6.07) is 21.7. The Morgan fingerprint density at radius 2 is 1.83 bits per heavy atom. The van der Waals surface area contributed by atoms with Crippen LogP contribution in [0.5, 0.6) is 5.75 Å². The standard InChI is InChI=1S/C22H19N3O5/c26-21(18-6-2-1-3-7-18)22(27)24-23-14-17-5-4-8-20(13-17)30-15-16-9-11-19(12-10-16)25(28)29/h1-14,21,26H,15H2,(H,24,27)/b23-14-/t21-/m1/s1. The first-order valence-corrected chi connectivity index (χ1v) is 9.05. The van der Waals surface area contributed by atoms with Gasteiger partial charge in [0.2, 0.25) is 0 Å². The van der Waals surface area contributed by atoms with Crippen LogP contribution in [0.1, 0.15) is 22.8 Å². The number of carbonyl (C=O) groups is 1. The fourth-order valence-electron chi connectivity index (χ4n) is 2.58. The van der Waals surface area contributed by atoms with Gasteiger partial charge in [0.1, 0.15) is 12.4 Å². The maximum absolute atomic E-state index is 12.0. The molecule has 0 spiro atoms. The summed E-state index contributed by atoms with van der Waals surface area (Å²) in [5.41, 5.74) is 4.29. The predicted molar refractivity (Wildman–Crippen MR) is 111 cm³/mol. The number of aliphatic hydroxyl groups is 1. The lowest BCUT2D eigenvalue weighted by Gasteiger charge is -2.08. The lowest BCUT2D eigenvalue weighted by molar-refractivity contribution is -0.384. The molecule has 152 valence electrons. The van der Waals surface area contributed by atoms with E-state index in [2.05, 4.69) is 10.5 Å². The summed E-state index contributed by atoms with van der Waals surface area (Å²) < 4.78 is 5.70. The Kier molecular flexibility index (Phi) is 6.86. The molecule has 0 aliphatic heterocycles. The highest BCUT2D eigenvalue weighted by Gasteiger charge is 2.15. The van der Waals surface area contributed by atoms with Gasteiger partial charge in [0.15, 0.2) is 6.10 Å². The van der Waals surface area contributed by atoms with Gasteiger partial charge in [0.05, 0.1) is 11.1 Å². The summed E-state index contributed by atoms with van der Waals surface area (Å²) in [7, 11) is 0. The van der Waals surface area contributed by atoms with E-state index in [0.29, 0.717) is 16.9 Å². The van der Waals surface area contributed by atoms with Crippen LogP contribution in [-0.4, -0.2) is 22.2 Å². The van der Waals surface area contributed by atoms with Crippen molar-refractivity contribution in [2.75, 3.05) is 0 Å². The normalized spacial score (nSPS) is 11.8. The van der Waals surface area contributed by atoms with E-state index in [9.17, 15) is 20.0 Å². The van der Waals surface area contributed by atoms with Crippen LogP contribution in [0, 0.1) is 10.1 Å². The molecule has 3 aromatic carbocycles. The van der Waals surface area contributed by atoms with Crippen molar-refractivity contribution < 1.29 is 19.6 Å². The molecule has 8 nitrogen and oxygen atoms in total. The molecule has 30 heavy (non-hydrogen) atoms. The maximum Gasteiger partial charge on any atom is 0.273 e. The maximum atomic E-state index is 12.0. The summed E-state index contributed by atoms with van der Waals surface area (Å²) in [5, 5.41) is 24.6. The van der Waals surface area contributed by atoms with Crippen molar-refractivity contribution in [3.63, 3.8) is 0 Å². The summed E-state index contributed by atoms with van der Waals surface area (Å²) >= 11 is 0. The number of amides is 1. The number of hydrazone groups is 1. The molecule has 2 N–H and O–H groups in total. The van der Waals surface area contributed by atoms with Gasteiger partial charge in [-0.15, -0.1) is 0 Å². The van der Waals surface area contributed by atoms with E-state index >= 15 is 0 Å². The highest BCUT2D eigenvalue weighted by Crippen LogP contribution is 2.17. The molecule has 0 saturated carbocycles. The highest BCUT2D eigenvalue weighted by atomic mass is 16.6. The molecule has 3 rings (SSSR count). The fraction of sp³-hybridized carbons (Fsp3) is 0.0909. The van der Waals surface area contributed by atoms with E-state index in [0.717, 1.165) is 5.56 Å². The molecule has 8 heteroatoms. The largest absolute Gasteiger partial charge is 0.489 e. The Bertz CT molecular complexity index is 1040. The SMILES string of the molecule is O=C(N/N=C\c1cccc(OCc2ccc([N+](=O)[O-])cc2)c1)[C@H](O)c1ccccc1. The second kappa shape index (κ2) is 9.94. The Morgan fingerprint density at radius 3 is 2.53 bits per heavy atom. The average Bonchev–Trinajstić information content (AvgIpc) is 2.78. The van der Waals surface area contributed by atoms with Crippen molar-refractivity contribution in [1.82, 2.24) is 5.43 Å². The number of nitro benzene ring substituents is 1. The second-order valence-electron chi connectivity index (χ2n) is 6.33. The van der Waals surface area contributed by atoms with Gasteiger partial charge >= 0.3 is 0 Å². The zero-order chi connectivity index (χ0) is 21.3. The fourth-order valence-corrected chi connectivity index (χ4v) is 2.58. The number of nitro groups is 1. The average molecular weight is 405 g/mol. The van der Waals surface area contributed by atoms with Crippen molar-refractivity contribution in [3.8, 4) is 5.75 Å². The Hall–Kier alpha value is -4.04. The number of nitrogens with zero attached hydrogens (tertiary/aromatic N) is 2. The van der Waals surface area contributed by atoms with Crippen LogP contribution < -0.4 is 10.2 Å². The predicted octanol–water partition coefficient (Wildman–Crippen LogP) is 3.36. The van der Waals surface area contributed by atoms with Crippen LogP contribution in [0.4, 0.5) is 5.69 Å². The number of non-ortho nitro benzene ring substituents is 1. The first-order chi connectivity index (χ1) is 14.5. The molecule has 0 saturated heterocycles. The van der Waals surface area contributed by atoms with Gasteiger partial charge in [0, 0.05) is 12.1 Å². The van der Waals surface area contributed by atoms with Crippen LogP contribution in [0.2, 0.25) is 0 Å². The lowest BCUT2D eigenvalue weighted by atomic mass is 10.1. The second-order valence-corrected chi connectivity index (χ2v) is 6.33. The van der Waals surface area contributed by atoms with Crippen LogP contribution in [0.15, 0.2) is 84.0 Å². The molecule has 0 heterocycles. The summed E-state index contributed by atoms with van der Waals surface area (Å²) in [6.07, 6.45) is 0.133. The molecular weight excluding hydrogens is 386 g/mol. The molecule has 0 fully saturated rings. The van der Waals surface area contributed by atoms with Gasteiger partial charge in [-0.25, -0.2) is 5.43 Å². The van der Waals surface area contributed by atoms with E-state index in [4.69, 9.17) is 4.74 Å². The zero-order valence-corrected chi connectivity index (χ0v) is 15.8. The number of hydrogen-bond acceptors (Lipinski definition) is 6. The molecule has 0 aromatic heterocycles. The quantitative estimate of drug-likeness (QED) is 0.339. The van der Waals surface area contributed by atoms with Gasteiger partial charge in [0.25, 0.3) is 11.6 Å². The summed E-state index contributed by atoms with van der Waals surface area (Å²) in [5.74, 6) is -0.0593. The number of benzene rings is 3. The minimum Gasteiger partial charge on any atom is -0.489 e. The molecule has 0 unspecified atom stereocenters. The van der Waals surface area contributed by atoms with Gasteiger partial charge in [-0.2, -0.15) is 5.10 Å². The van der Waals surface area contributed by atoms with E-state index in [-0.39, 0.29) is 12.3 Å². The van der Waals surface area contributed by atoms with Crippen molar-refractivity contribution in [2.45, 2.75) is 12.7 Å². The number of rotatable bonds is 8. The zero-order valence-electron chi connectivity index (χ0n) is 15.8. The number of carbonyl (C=O) groups excluding carboxylic acids is 1. The molecule has 0 bridgehead atoms. The minimum absolute atomic E-state index is 0.0244. The molecule has 1 amide bonds. The molecule has 0 aliphatic carbocycles. The smallest absolute Gasteiger partial charge is 0.273 e. The topological polar surface area (TPSA) is 114 Å². The van der Waals surface area contributed by atoms with Crippen molar-refractivity contribution in [1.29, 1.82) is 0 Å². The highest BCUT2D eigenvalue weighted by molar-refractivity contribution is 5.85. The van der Waals surface area contributed by atoms with Gasteiger partial charge < -0.3 is 9.84 Å². The van der Waals surface area contributed by atoms with Crippen LogP contribution >= 0.6 is 0 Å². The molecule has 0 aliphatic rings. The number of ether oxygens (including phenoxy) is 1. The summed E-state index contributed by atoms with van der Waals surface area (Å²) in [6.45, 7) is 0.249. The third-order valence-electron chi connectivity index (χ3n) is 4.16. The van der Waals surface area contributed by atoms with Crippen LogP contribution in [-0.2, 0) is 11.4 Å². The first-order valence-electron chi connectivity index (χ1n) is 9.05. The number of nitrogens with one attached hydrogen (secondary N) is 1. The Labute approximate surface area is 172 Å². The van der Waals surface area contributed by atoms with Crippen molar-refractivity contribution in [2.24, 2.45) is 5.10 Å². The Balaban J connectivity index is 1.54. The minimum atomic E-state index is -1.31. The lowest BCUT2D eigenvalue weighted by Crippen LogP contribution is -2.25. The monoisotopic (exact) mass is 405 g/mol. The molecule has 3 aromatic rings. The first kappa shape index (κ1) is 20.7. The number of aliphatic hydroxyl groups excluding tert-OH is 1. The van der Waals surface area contributed by atoms with E-state index in [1.165, 1.54) is 18.3 Å². The van der Waals surface area contributed by atoms with Gasteiger partial charge in [-0.3, -0.25) is 14.9 Å². The Morgan fingerprint density at radius 1 is 1.10 bits per heavy atom. The van der Waals surface area contributed by atoms with Crippen molar-refractivity contribution >= 4 is 17.8 Å². The van der Waals surface area contributed by atoms with E-state index in [1.54, 1.807) is 66.7 Å². The van der Waals surface area contributed by atoms with Crippen LogP contribution in [0.3, 0.4) is 0 Å². The van der Waals surface area contributed by atoms with Crippen molar-refractivity contribution in [3.05, 3.63) is 106 Å². The molecule has 1 atom stereocenters. The van der Waals surface area contributed by atoms with Gasteiger partial charge in [-0.1, -0.05) is 42.5 Å². The van der Waals surface area contributed by atoms with E-state index in [1.807, 2.05) is 0 Å². The van der Waals surface area contributed by atoms with E-state index < -0.39 is 16.9 Å². The van der Waals surface area contributed by atoms with Gasteiger partial charge in [-0.05, 0) is 41.0 Å². The summed E-state index contributed by atoms with van der Waals surface area (Å²) in [4.78, 5) is 22.2. The molecule has 0 radical (unpaired) electrons. The third kappa shape index (κ3) is 5.73.